The number of aryl methyl sites for hydroxylation is 1. The summed E-state index contributed by atoms with van der Waals surface area (Å²) in [6.45, 7) is 6.36. The van der Waals surface area contributed by atoms with E-state index >= 15 is 0 Å². The van der Waals surface area contributed by atoms with E-state index in [0.29, 0.717) is 12.1 Å². The fourth-order valence-electron chi connectivity index (χ4n) is 3.02. The van der Waals surface area contributed by atoms with Crippen LogP contribution in [0.2, 0.25) is 0 Å². The first-order valence-electron chi connectivity index (χ1n) is 7.81. The van der Waals surface area contributed by atoms with E-state index in [2.05, 4.69) is 53.3 Å². The van der Waals surface area contributed by atoms with Gasteiger partial charge >= 0.3 is 0 Å². The van der Waals surface area contributed by atoms with Crippen LogP contribution in [0.3, 0.4) is 0 Å². The first kappa shape index (κ1) is 16.0. The van der Waals surface area contributed by atoms with Crippen LogP contribution in [0.1, 0.15) is 56.2 Å². The molecule has 2 atom stereocenters. The van der Waals surface area contributed by atoms with E-state index in [1.807, 2.05) is 0 Å². The van der Waals surface area contributed by atoms with Crippen LogP contribution in [0.25, 0.3) is 0 Å². The lowest BCUT2D eigenvalue weighted by atomic mass is 9.96. The second-order valence-electron chi connectivity index (χ2n) is 5.68. The van der Waals surface area contributed by atoms with E-state index in [-0.39, 0.29) is 0 Å². The van der Waals surface area contributed by atoms with E-state index in [0.717, 1.165) is 13.2 Å². The maximum absolute atomic E-state index is 5.72. The molecule has 112 valence electrons. The van der Waals surface area contributed by atoms with E-state index in [1.165, 1.54) is 47.7 Å². The summed E-state index contributed by atoms with van der Waals surface area (Å²) in [6, 6.07) is 7.03. The minimum atomic E-state index is 0.457. The third-order valence-corrected chi connectivity index (χ3v) is 4.60. The molecule has 0 radical (unpaired) electrons. The topological polar surface area (TPSA) is 21.3 Å². The van der Waals surface area contributed by atoms with Crippen molar-refractivity contribution in [1.29, 1.82) is 0 Å². The van der Waals surface area contributed by atoms with Gasteiger partial charge in [-0.25, -0.2) is 0 Å². The normalized spacial score (nSPS) is 20.2. The molecular weight excluding hydrogens is 314 g/mol. The Morgan fingerprint density at radius 1 is 1.45 bits per heavy atom. The van der Waals surface area contributed by atoms with Crippen molar-refractivity contribution in [3.8, 4) is 0 Å². The molecule has 2 nitrogen and oxygen atoms in total. The van der Waals surface area contributed by atoms with E-state index in [9.17, 15) is 0 Å². The molecule has 1 aliphatic rings. The molecule has 0 aromatic heterocycles. The van der Waals surface area contributed by atoms with Crippen LogP contribution in [0.5, 0.6) is 0 Å². The van der Waals surface area contributed by atoms with Crippen molar-refractivity contribution in [2.45, 2.75) is 58.1 Å². The van der Waals surface area contributed by atoms with Gasteiger partial charge in [0.15, 0.2) is 0 Å². The lowest BCUT2D eigenvalue weighted by Crippen LogP contribution is -2.22. The lowest BCUT2D eigenvalue weighted by molar-refractivity contribution is 0.101. The van der Waals surface area contributed by atoms with Crippen molar-refractivity contribution in [3.05, 3.63) is 33.8 Å². The van der Waals surface area contributed by atoms with Crippen LogP contribution in [-0.4, -0.2) is 19.3 Å². The monoisotopic (exact) mass is 339 g/mol. The molecule has 0 aliphatic carbocycles. The molecule has 0 saturated carbocycles. The van der Waals surface area contributed by atoms with Gasteiger partial charge in [-0.15, -0.1) is 0 Å². The molecule has 3 heteroatoms. The van der Waals surface area contributed by atoms with Crippen molar-refractivity contribution in [1.82, 2.24) is 5.32 Å². The molecule has 1 saturated heterocycles. The van der Waals surface area contributed by atoms with Crippen LogP contribution in [0.4, 0.5) is 0 Å². The average Bonchev–Trinajstić information content (AvgIpc) is 2.94. The highest BCUT2D eigenvalue weighted by Gasteiger charge is 2.17. The smallest absolute Gasteiger partial charge is 0.0576 e. The Labute approximate surface area is 131 Å². The number of halogens is 1. The Bertz CT molecular complexity index is 415. The minimum Gasteiger partial charge on any atom is -0.378 e. The molecule has 0 spiro atoms. The third kappa shape index (κ3) is 4.57. The largest absolute Gasteiger partial charge is 0.378 e. The van der Waals surface area contributed by atoms with Gasteiger partial charge in [-0.05, 0) is 68.8 Å². The minimum absolute atomic E-state index is 0.457. The SMILES string of the molecule is CCNC(CCCC1CCCO1)c1cc(Br)ccc1C. The highest BCUT2D eigenvalue weighted by molar-refractivity contribution is 9.10. The van der Waals surface area contributed by atoms with Gasteiger partial charge in [0.1, 0.15) is 0 Å². The maximum atomic E-state index is 5.72. The van der Waals surface area contributed by atoms with Crippen molar-refractivity contribution < 1.29 is 4.74 Å². The summed E-state index contributed by atoms with van der Waals surface area (Å²) in [4.78, 5) is 0. The number of hydrogen-bond donors (Lipinski definition) is 1. The highest BCUT2D eigenvalue weighted by atomic mass is 79.9. The number of hydrogen-bond acceptors (Lipinski definition) is 2. The molecule has 1 aromatic rings. The van der Waals surface area contributed by atoms with E-state index in [4.69, 9.17) is 4.74 Å². The van der Waals surface area contributed by atoms with Gasteiger partial charge in [0.2, 0.25) is 0 Å². The van der Waals surface area contributed by atoms with Gasteiger partial charge < -0.3 is 10.1 Å². The molecule has 1 fully saturated rings. The van der Waals surface area contributed by atoms with Gasteiger partial charge in [0.05, 0.1) is 6.10 Å². The van der Waals surface area contributed by atoms with Gasteiger partial charge in [-0.2, -0.15) is 0 Å². The molecular formula is C17H26BrNO. The summed E-state index contributed by atoms with van der Waals surface area (Å²) >= 11 is 3.59. The molecule has 0 amide bonds. The quantitative estimate of drug-likeness (QED) is 0.773. The van der Waals surface area contributed by atoms with Gasteiger partial charge in [0.25, 0.3) is 0 Å². The second-order valence-corrected chi connectivity index (χ2v) is 6.59. The van der Waals surface area contributed by atoms with E-state index in [1.54, 1.807) is 0 Å². The van der Waals surface area contributed by atoms with Crippen molar-refractivity contribution in [3.63, 3.8) is 0 Å². The zero-order valence-electron chi connectivity index (χ0n) is 12.6. The van der Waals surface area contributed by atoms with Crippen molar-refractivity contribution in [2.75, 3.05) is 13.2 Å². The summed E-state index contributed by atoms with van der Waals surface area (Å²) in [5, 5.41) is 3.63. The molecule has 1 heterocycles. The van der Waals surface area contributed by atoms with Crippen LogP contribution in [0, 0.1) is 6.92 Å². The van der Waals surface area contributed by atoms with Gasteiger partial charge in [-0.3, -0.25) is 0 Å². The Kier molecular flexibility index (Phi) is 6.53. The first-order valence-corrected chi connectivity index (χ1v) is 8.61. The zero-order valence-corrected chi connectivity index (χ0v) is 14.2. The molecule has 1 N–H and O–H groups in total. The fourth-order valence-corrected chi connectivity index (χ4v) is 3.40. The molecule has 20 heavy (non-hydrogen) atoms. The summed E-state index contributed by atoms with van der Waals surface area (Å²) in [5.74, 6) is 0. The van der Waals surface area contributed by atoms with Crippen LogP contribution in [0.15, 0.2) is 22.7 Å². The van der Waals surface area contributed by atoms with Crippen LogP contribution in [-0.2, 0) is 4.74 Å². The highest BCUT2D eigenvalue weighted by Crippen LogP contribution is 2.27. The number of ether oxygens (including phenoxy) is 1. The van der Waals surface area contributed by atoms with Crippen molar-refractivity contribution in [2.24, 2.45) is 0 Å². The fraction of sp³-hybridized carbons (Fsp3) is 0.647. The summed E-state index contributed by atoms with van der Waals surface area (Å²) < 4.78 is 6.88. The Morgan fingerprint density at radius 3 is 3.00 bits per heavy atom. The summed E-state index contributed by atoms with van der Waals surface area (Å²) in [7, 11) is 0. The van der Waals surface area contributed by atoms with E-state index < -0.39 is 0 Å². The molecule has 1 aromatic carbocycles. The number of rotatable bonds is 7. The van der Waals surface area contributed by atoms with Gasteiger partial charge in [-0.1, -0.05) is 28.9 Å². The maximum Gasteiger partial charge on any atom is 0.0576 e. The third-order valence-electron chi connectivity index (χ3n) is 4.11. The molecule has 2 unspecified atom stereocenters. The van der Waals surface area contributed by atoms with Crippen LogP contribution >= 0.6 is 15.9 Å². The Balaban J connectivity index is 1.93. The summed E-state index contributed by atoms with van der Waals surface area (Å²) in [6.07, 6.45) is 6.63. The predicted molar refractivity (Wildman–Crippen MR) is 88.1 cm³/mol. The second kappa shape index (κ2) is 8.16. The van der Waals surface area contributed by atoms with Crippen molar-refractivity contribution >= 4 is 15.9 Å². The predicted octanol–water partition coefficient (Wildman–Crippen LogP) is 4.76. The zero-order chi connectivity index (χ0) is 14.4. The Morgan fingerprint density at radius 2 is 2.30 bits per heavy atom. The number of nitrogens with one attached hydrogen (secondary N) is 1. The molecule has 0 bridgehead atoms. The standard InChI is InChI=1S/C17H26BrNO/c1-3-19-17(8-4-6-15-7-5-11-20-15)16-12-14(18)10-9-13(16)2/h9-10,12,15,17,19H,3-8,11H2,1-2H3. The molecule has 1 aliphatic heterocycles. The molecule has 2 rings (SSSR count). The van der Waals surface area contributed by atoms with Gasteiger partial charge in [0, 0.05) is 17.1 Å². The first-order chi connectivity index (χ1) is 9.70. The lowest BCUT2D eigenvalue weighted by Gasteiger charge is -2.21. The number of benzene rings is 1. The summed E-state index contributed by atoms with van der Waals surface area (Å²) in [5.41, 5.74) is 2.80. The average molecular weight is 340 g/mol. The van der Waals surface area contributed by atoms with Crippen LogP contribution < -0.4 is 5.32 Å². The Hall–Kier alpha value is -0.380.